The van der Waals surface area contributed by atoms with E-state index in [1.54, 1.807) is 0 Å². The number of hydrogen-bond acceptors (Lipinski definition) is 4. The number of aromatic nitrogens is 1. The smallest absolute Gasteiger partial charge is 0.358 e. The highest BCUT2D eigenvalue weighted by atomic mass is 16.4. The number of rotatable bonds is 2. The lowest BCUT2D eigenvalue weighted by atomic mass is 10.2. The Kier molecular flexibility index (Phi) is 2.14. The Bertz CT molecular complexity index is 373. The second-order valence-corrected chi connectivity index (χ2v) is 2.20. The number of nitrogens with zero attached hydrogens (tertiary/aromatic N) is 1. The van der Waals surface area contributed by atoms with E-state index in [2.05, 4.69) is 4.98 Å². The number of carboxylic acid groups (broad SMARTS) is 2. The summed E-state index contributed by atoms with van der Waals surface area (Å²) in [6.07, 6.45) is 0.867. The maximum Gasteiger partial charge on any atom is 0.358 e. The van der Waals surface area contributed by atoms with Crippen LogP contribution in [0.5, 0.6) is 5.75 Å². The molecule has 0 amide bonds. The second kappa shape index (κ2) is 3.10. The molecule has 0 atom stereocenters. The van der Waals surface area contributed by atoms with Gasteiger partial charge in [-0.05, 0) is 6.07 Å². The van der Waals surface area contributed by atoms with Crippen molar-refractivity contribution in [1.29, 1.82) is 0 Å². The summed E-state index contributed by atoms with van der Waals surface area (Å²) < 4.78 is 0. The molecule has 3 N–H and O–H groups in total. The molecule has 6 heteroatoms. The van der Waals surface area contributed by atoms with Crippen molar-refractivity contribution in [2.45, 2.75) is 0 Å². The molecule has 68 valence electrons. The van der Waals surface area contributed by atoms with Crippen molar-refractivity contribution in [3.05, 3.63) is 23.5 Å². The lowest BCUT2D eigenvalue weighted by Gasteiger charge is -1.98. The summed E-state index contributed by atoms with van der Waals surface area (Å²) in [4.78, 5) is 23.9. The molecular weight excluding hydrogens is 178 g/mol. The van der Waals surface area contributed by atoms with Crippen LogP contribution in [0.2, 0.25) is 0 Å². The van der Waals surface area contributed by atoms with Gasteiger partial charge in [-0.25, -0.2) is 14.6 Å². The van der Waals surface area contributed by atoms with E-state index < -0.39 is 23.4 Å². The fourth-order valence-corrected chi connectivity index (χ4v) is 0.735. The summed E-state index contributed by atoms with van der Waals surface area (Å²) in [5.74, 6) is -3.35. The van der Waals surface area contributed by atoms with Crippen molar-refractivity contribution in [3.63, 3.8) is 0 Å². The van der Waals surface area contributed by atoms with Crippen molar-refractivity contribution in [1.82, 2.24) is 4.98 Å². The third-order valence-electron chi connectivity index (χ3n) is 1.32. The van der Waals surface area contributed by atoms with Crippen molar-refractivity contribution in [2.75, 3.05) is 0 Å². The number of aromatic hydroxyl groups is 1. The van der Waals surface area contributed by atoms with Gasteiger partial charge in [0, 0.05) is 6.20 Å². The summed E-state index contributed by atoms with van der Waals surface area (Å²) in [6, 6.07) is 0.832. The number of carbonyl (C=O) groups is 2. The Labute approximate surface area is 72.1 Å². The van der Waals surface area contributed by atoms with Crippen LogP contribution in [0.1, 0.15) is 20.8 Å². The molecule has 0 aliphatic rings. The topological polar surface area (TPSA) is 108 Å². The lowest BCUT2D eigenvalue weighted by Crippen LogP contribution is -2.04. The van der Waals surface area contributed by atoms with E-state index in [1.165, 1.54) is 0 Å². The Hall–Kier alpha value is -2.11. The van der Waals surface area contributed by atoms with E-state index in [1.807, 2.05) is 0 Å². The van der Waals surface area contributed by atoms with Crippen molar-refractivity contribution in [2.24, 2.45) is 0 Å². The molecule has 1 rings (SSSR count). The first kappa shape index (κ1) is 8.98. The van der Waals surface area contributed by atoms with Gasteiger partial charge in [0.05, 0.1) is 5.56 Å². The first-order valence-corrected chi connectivity index (χ1v) is 3.18. The van der Waals surface area contributed by atoms with Crippen molar-refractivity contribution >= 4 is 11.9 Å². The average molecular weight is 183 g/mol. The highest BCUT2D eigenvalue weighted by Gasteiger charge is 2.13. The van der Waals surface area contributed by atoms with Gasteiger partial charge in [0.15, 0.2) is 5.69 Å². The molecule has 0 radical (unpaired) electrons. The minimum Gasteiger partial charge on any atom is -0.505 e. The average Bonchev–Trinajstić information content (AvgIpc) is 2.03. The molecule has 0 saturated carbocycles. The third-order valence-corrected chi connectivity index (χ3v) is 1.32. The van der Waals surface area contributed by atoms with Crippen LogP contribution >= 0.6 is 0 Å². The second-order valence-electron chi connectivity index (χ2n) is 2.20. The zero-order chi connectivity index (χ0) is 10.0. The Morgan fingerprint density at radius 2 is 1.85 bits per heavy atom. The lowest BCUT2D eigenvalue weighted by molar-refractivity contribution is 0.0672. The number of hydrogen-bond donors (Lipinski definition) is 3. The van der Waals surface area contributed by atoms with Gasteiger partial charge in [-0.15, -0.1) is 0 Å². The predicted molar refractivity (Wildman–Crippen MR) is 39.8 cm³/mol. The fraction of sp³-hybridized carbons (Fsp3) is 0. The maximum absolute atomic E-state index is 10.3. The summed E-state index contributed by atoms with van der Waals surface area (Å²) in [7, 11) is 0. The zero-order valence-electron chi connectivity index (χ0n) is 6.26. The van der Waals surface area contributed by atoms with Crippen LogP contribution in [0.15, 0.2) is 12.3 Å². The maximum atomic E-state index is 10.3. The molecule has 0 fully saturated rings. The molecule has 0 bridgehead atoms. The first-order chi connectivity index (χ1) is 6.02. The van der Waals surface area contributed by atoms with Gasteiger partial charge in [-0.3, -0.25) is 0 Å². The molecule has 0 aromatic carbocycles. The predicted octanol–water partition coefficient (Wildman–Crippen LogP) is 0.184. The van der Waals surface area contributed by atoms with Crippen LogP contribution in [0, 0.1) is 0 Å². The SMILES string of the molecule is O=C(O)c1cnc(C(=O)O)c(O)c1. The summed E-state index contributed by atoms with van der Waals surface area (Å²) in [5.41, 5.74) is -0.826. The van der Waals surface area contributed by atoms with Crippen LogP contribution in [0.4, 0.5) is 0 Å². The number of pyridine rings is 1. The summed E-state index contributed by atoms with van der Waals surface area (Å²) >= 11 is 0. The van der Waals surface area contributed by atoms with Crippen LogP contribution in [-0.4, -0.2) is 32.2 Å². The molecule has 0 unspecified atom stereocenters. The van der Waals surface area contributed by atoms with Crippen molar-refractivity contribution < 1.29 is 24.9 Å². The molecule has 1 aromatic heterocycles. The largest absolute Gasteiger partial charge is 0.505 e. The minimum absolute atomic E-state index is 0.262. The molecule has 0 spiro atoms. The molecule has 13 heavy (non-hydrogen) atoms. The van der Waals surface area contributed by atoms with Crippen LogP contribution in [0.25, 0.3) is 0 Å². The fourth-order valence-electron chi connectivity index (χ4n) is 0.735. The molecule has 6 nitrogen and oxygen atoms in total. The normalized spacial score (nSPS) is 9.54. The molecule has 0 saturated heterocycles. The van der Waals surface area contributed by atoms with E-state index in [4.69, 9.17) is 15.3 Å². The van der Waals surface area contributed by atoms with Crippen LogP contribution in [0.3, 0.4) is 0 Å². The Morgan fingerprint density at radius 1 is 1.23 bits per heavy atom. The van der Waals surface area contributed by atoms with Crippen LogP contribution in [-0.2, 0) is 0 Å². The Balaban J connectivity index is 3.20. The van der Waals surface area contributed by atoms with Gasteiger partial charge in [-0.2, -0.15) is 0 Å². The first-order valence-electron chi connectivity index (χ1n) is 3.18. The monoisotopic (exact) mass is 183 g/mol. The molecule has 1 heterocycles. The van der Waals surface area contributed by atoms with Gasteiger partial charge >= 0.3 is 11.9 Å². The molecule has 0 aliphatic heterocycles. The highest BCUT2D eigenvalue weighted by Crippen LogP contribution is 2.15. The van der Waals surface area contributed by atoms with Gasteiger partial charge in [0.2, 0.25) is 0 Å². The van der Waals surface area contributed by atoms with Gasteiger partial charge in [0.1, 0.15) is 5.75 Å². The van der Waals surface area contributed by atoms with Gasteiger partial charge in [-0.1, -0.05) is 0 Å². The molecular formula is C7H5NO5. The van der Waals surface area contributed by atoms with E-state index in [9.17, 15) is 9.59 Å². The summed E-state index contributed by atoms with van der Waals surface area (Å²) in [6.45, 7) is 0. The van der Waals surface area contributed by atoms with Crippen molar-refractivity contribution in [3.8, 4) is 5.75 Å². The van der Waals surface area contributed by atoms with Gasteiger partial charge < -0.3 is 15.3 Å². The third kappa shape index (κ3) is 1.73. The number of carboxylic acids is 2. The zero-order valence-corrected chi connectivity index (χ0v) is 6.26. The van der Waals surface area contributed by atoms with E-state index in [-0.39, 0.29) is 5.56 Å². The molecule has 1 aromatic rings. The summed E-state index contributed by atoms with van der Waals surface area (Å²) in [5, 5.41) is 25.9. The van der Waals surface area contributed by atoms with Crippen LogP contribution < -0.4 is 0 Å². The van der Waals surface area contributed by atoms with Gasteiger partial charge in [0.25, 0.3) is 0 Å². The quantitative estimate of drug-likeness (QED) is 0.603. The standard InChI is InChI=1S/C7H5NO5/c9-4-1-3(6(10)11)2-8-5(4)7(12)13/h1-2,9H,(H,10,11)(H,12,13). The van der Waals surface area contributed by atoms with E-state index in [0.29, 0.717) is 0 Å². The molecule has 0 aliphatic carbocycles. The number of aromatic carboxylic acids is 2. The van der Waals surface area contributed by atoms with E-state index in [0.717, 1.165) is 12.3 Å². The minimum atomic E-state index is -1.41. The van der Waals surface area contributed by atoms with E-state index >= 15 is 0 Å². The highest BCUT2D eigenvalue weighted by molar-refractivity contribution is 5.92. The Morgan fingerprint density at radius 3 is 2.23 bits per heavy atom.